The summed E-state index contributed by atoms with van der Waals surface area (Å²) in [5.74, 6) is 0.978. The van der Waals surface area contributed by atoms with E-state index in [4.69, 9.17) is 10.5 Å². The Kier molecular flexibility index (Phi) is 3.18. The molecule has 0 saturated carbocycles. The summed E-state index contributed by atoms with van der Waals surface area (Å²) >= 11 is 5.22. The van der Waals surface area contributed by atoms with Crippen molar-refractivity contribution in [1.82, 2.24) is 0 Å². The highest BCUT2D eigenvalue weighted by atomic mass is 79.9. The molecule has 2 N–H and O–H groups in total. The molecule has 1 aliphatic heterocycles. The molecule has 1 unspecified atom stereocenters. The van der Waals surface area contributed by atoms with Crippen molar-refractivity contribution in [2.45, 2.75) is 18.4 Å². The van der Waals surface area contributed by atoms with Crippen LogP contribution in [0.4, 0.5) is 0 Å². The molecule has 1 aliphatic rings. The van der Waals surface area contributed by atoms with E-state index >= 15 is 0 Å². The van der Waals surface area contributed by atoms with E-state index in [9.17, 15) is 0 Å². The van der Waals surface area contributed by atoms with Crippen LogP contribution in [-0.2, 0) is 12.8 Å². The number of hydrogen-bond acceptors (Lipinski definition) is 3. The summed E-state index contributed by atoms with van der Waals surface area (Å²) in [4.78, 5) is 1.30. The van der Waals surface area contributed by atoms with Crippen LogP contribution in [0.1, 0.15) is 10.4 Å². The molecule has 0 spiro atoms. The van der Waals surface area contributed by atoms with Crippen LogP contribution in [0.2, 0.25) is 0 Å². The van der Waals surface area contributed by atoms with Crippen molar-refractivity contribution >= 4 is 27.3 Å². The van der Waals surface area contributed by atoms with Crippen molar-refractivity contribution in [3.8, 4) is 5.75 Å². The van der Waals surface area contributed by atoms with Crippen LogP contribution < -0.4 is 10.5 Å². The van der Waals surface area contributed by atoms with Crippen molar-refractivity contribution in [2.24, 2.45) is 5.73 Å². The average Bonchev–Trinajstić information content (AvgIpc) is 2.74. The quantitative estimate of drug-likeness (QED) is 0.919. The number of thiophene rings is 1. The third-order valence-electron chi connectivity index (χ3n) is 3.18. The van der Waals surface area contributed by atoms with E-state index < -0.39 is 0 Å². The van der Waals surface area contributed by atoms with Gasteiger partial charge < -0.3 is 10.5 Å². The summed E-state index contributed by atoms with van der Waals surface area (Å²) in [7, 11) is 0. The Balaban J connectivity index is 1.81. The molecule has 0 radical (unpaired) electrons. The molecule has 94 valence electrons. The van der Waals surface area contributed by atoms with Gasteiger partial charge in [-0.15, -0.1) is 11.3 Å². The zero-order valence-corrected chi connectivity index (χ0v) is 12.3. The highest BCUT2D eigenvalue weighted by Gasteiger charge is 2.32. The van der Waals surface area contributed by atoms with Gasteiger partial charge in [0.25, 0.3) is 0 Å². The zero-order chi connectivity index (χ0) is 12.6. The van der Waals surface area contributed by atoms with Crippen LogP contribution in [-0.4, -0.2) is 12.1 Å². The maximum absolute atomic E-state index is 6.48. The SMILES string of the molecule is NC1(Cc2cc(Br)cs2)COc2ccccc2C1. The number of fused-ring (bicyclic) bond motifs is 1. The summed E-state index contributed by atoms with van der Waals surface area (Å²) in [5.41, 5.74) is 7.40. The number of nitrogens with two attached hydrogens (primary N) is 1. The molecule has 2 heterocycles. The minimum atomic E-state index is -0.293. The van der Waals surface area contributed by atoms with Gasteiger partial charge in [0.05, 0.1) is 5.54 Å². The van der Waals surface area contributed by atoms with Crippen LogP contribution in [0.5, 0.6) is 5.75 Å². The van der Waals surface area contributed by atoms with Gasteiger partial charge in [-0.3, -0.25) is 0 Å². The molecular formula is C14H14BrNOS. The van der Waals surface area contributed by atoms with E-state index in [1.807, 2.05) is 18.2 Å². The standard InChI is InChI=1S/C14H14BrNOS/c15-11-5-12(18-8-11)7-14(16)6-10-3-1-2-4-13(10)17-9-14/h1-5,8H,6-7,9,16H2. The second-order valence-electron chi connectivity index (χ2n) is 4.84. The van der Waals surface area contributed by atoms with E-state index in [-0.39, 0.29) is 5.54 Å². The first-order chi connectivity index (χ1) is 8.65. The Morgan fingerprint density at radius 2 is 2.22 bits per heavy atom. The lowest BCUT2D eigenvalue weighted by Crippen LogP contribution is -2.51. The molecular weight excluding hydrogens is 310 g/mol. The first-order valence-corrected chi connectivity index (χ1v) is 7.54. The number of ether oxygens (including phenoxy) is 1. The maximum atomic E-state index is 6.48. The third-order valence-corrected chi connectivity index (χ3v) is 4.88. The van der Waals surface area contributed by atoms with Gasteiger partial charge >= 0.3 is 0 Å². The van der Waals surface area contributed by atoms with Crippen molar-refractivity contribution in [1.29, 1.82) is 0 Å². The molecule has 2 aromatic rings. The second kappa shape index (κ2) is 4.68. The fraction of sp³-hybridized carbons (Fsp3) is 0.286. The fourth-order valence-electron chi connectivity index (χ4n) is 2.35. The van der Waals surface area contributed by atoms with Gasteiger partial charge in [-0.25, -0.2) is 0 Å². The minimum absolute atomic E-state index is 0.293. The number of para-hydroxylation sites is 1. The Morgan fingerprint density at radius 1 is 1.39 bits per heavy atom. The summed E-state index contributed by atoms with van der Waals surface area (Å²) in [6.45, 7) is 0.583. The van der Waals surface area contributed by atoms with Crippen LogP contribution in [0.25, 0.3) is 0 Å². The average molecular weight is 324 g/mol. The molecule has 1 aromatic carbocycles. The molecule has 0 bridgehead atoms. The molecule has 0 fully saturated rings. The molecule has 2 nitrogen and oxygen atoms in total. The van der Waals surface area contributed by atoms with Crippen LogP contribution in [0.3, 0.4) is 0 Å². The largest absolute Gasteiger partial charge is 0.491 e. The zero-order valence-electron chi connectivity index (χ0n) is 9.86. The van der Waals surface area contributed by atoms with Crippen molar-refractivity contribution < 1.29 is 4.74 Å². The lowest BCUT2D eigenvalue weighted by Gasteiger charge is -2.34. The van der Waals surface area contributed by atoms with Gasteiger partial charge in [0.2, 0.25) is 0 Å². The number of hydrogen-bond donors (Lipinski definition) is 1. The molecule has 0 amide bonds. The van der Waals surface area contributed by atoms with Gasteiger partial charge in [0.1, 0.15) is 12.4 Å². The van der Waals surface area contributed by atoms with E-state index in [1.54, 1.807) is 11.3 Å². The molecule has 3 rings (SSSR count). The minimum Gasteiger partial charge on any atom is -0.491 e. The van der Waals surface area contributed by atoms with Crippen LogP contribution in [0.15, 0.2) is 40.2 Å². The van der Waals surface area contributed by atoms with Gasteiger partial charge in [-0.2, -0.15) is 0 Å². The predicted molar refractivity (Wildman–Crippen MR) is 78.3 cm³/mol. The normalized spacial score (nSPS) is 22.3. The van der Waals surface area contributed by atoms with Crippen molar-refractivity contribution in [3.63, 3.8) is 0 Å². The molecule has 1 atom stereocenters. The van der Waals surface area contributed by atoms with Gasteiger partial charge in [0.15, 0.2) is 0 Å². The predicted octanol–water partition coefficient (Wildman–Crippen LogP) is 3.39. The first-order valence-electron chi connectivity index (χ1n) is 5.87. The molecule has 18 heavy (non-hydrogen) atoms. The third kappa shape index (κ3) is 2.46. The Labute approximate surface area is 119 Å². The molecule has 0 saturated heterocycles. The number of rotatable bonds is 2. The van der Waals surface area contributed by atoms with Gasteiger partial charge in [-0.05, 0) is 40.0 Å². The Hall–Kier alpha value is -0.840. The summed E-state index contributed by atoms with van der Waals surface area (Å²) in [5, 5.41) is 2.09. The van der Waals surface area contributed by atoms with E-state index in [0.29, 0.717) is 6.61 Å². The van der Waals surface area contributed by atoms with Crippen molar-refractivity contribution in [2.75, 3.05) is 6.61 Å². The van der Waals surface area contributed by atoms with E-state index in [1.165, 1.54) is 10.4 Å². The summed E-state index contributed by atoms with van der Waals surface area (Å²) in [6, 6.07) is 10.3. The van der Waals surface area contributed by atoms with Gasteiger partial charge in [-0.1, -0.05) is 18.2 Å². The van der Waals surface area contributed by atoms with Crippen LogP contribution >= 0.6 is 27.3 Å². The summed E-state index contributed by atoms with van der Waals surface area (Å²) in [6.07, 6.45) is 1.73. The highest BCUT2D eigenvalue weighted by molar-refractivity contribution is 9.10. The fourth-order valence-corrected chi connectivity index (χ4v) is 3.96. The van der Waals surface area contributed by atoms with Crippen LogP contribution in [0, 0.1) is 0 Å². The van der Waals surface area contributed by atoms with E-state index in [2.05, 4.69) is 33.4 Å². The van der Waals surface area contributed by atoms with E-state index in [0.717, 1.165) is 23.1 Å². The second-order valence-corrected chi connectivity index (χ2v) is 6.76. The number of benzene rings is 1. The number of halogens is 1. The van der Waals surface area contributed by atoms with Gasteiger partial charge in [0, 0.05) is 21.2 Å². The molecule has 1 aromatic heterocycles. The monoisotopic (exact) mass is 323 g/mol. The molecule has 4 heteroatoms. The maximum Gasteiger partial charge on any atom is 0.122 e. The van der Waals surface area contributed by atoms with Crippen molar-refractivity contribution in [3.05, 3.63) is 50.6 Å². The Bertz CT molecular complexity index is 568. The lowest BCUT2D eigenvalue weighted by atomic mass is 9.86. The smallest absolute Gasteiger partial charge is 0.122 e. The first kappa shape index (κ1) is 12.2. The highest BCUT2D eigenvalue weighted by Crippen LogP contribution is 2.31. The molecule has 0 aliphatic carbocycles. The lowest BCUT2D eigenvalue weighted by molar-refractivity contribution is 0.190. The Morgan fingerprint density at radius 3 is 3.00 bits per heavy atom. The summed E-state index contributed by atoms with van der Waals surface area (Å²) < 4.78 is 6.91. The topological polar surface area (TPSA) is 35.2 Å².